The molecular weight excluding hydrogens is 320 g/mol. The minimum atomic E-state index is -3.45. The highest BCUT2D eigenvalue weighted by molar-refractivity contribution is 7.91. The Morgan fingerprint density at radius 2 is 2.09 bits per heavy atom. The van der Waals surface area contributed by atoms with Crippen LogP contribution in [0.2, 0.25) is 0 Å². The lowest BCUT2D eigenvalue weighted by Gasteiger charge is -2.26. The molecule has 0 unspecified atom stereocenters. The fourth-order valence-corrected chi connectivity index (χ4v) is 4.54. The molecule has 116 valence electrons. The predicted octanol–water partition coefficient (Wildman–Crippen LogP) is 2.14. The molecule has 0 fully saturated rings. The van der Waals surface area contributed by atoms with Crippen molar-refractivity contribution in [2.24, 2.45) is 0 Å². The number of carbonyl (C=O) groups excluding carboxylic acids is 1. The number of thiophene rings is 1. The quantitative estimate of drug-likeness (QED) is 0.930. The molecule has 1 aromatic carbocycles. The van der Waals surface area contributed by atoms with Crippen LogP contribution in [0.3, 0.4) is 0 Å². The predicted molar refractivity (Wildman–Crippen MR) is 86.5 cm³/mol. The van der Waals surface area contributed by atoms with Crippen molar-refractivity contribution in [1.82, 2.24) is 4.72 Å². The molecule has 22 heavy (non-hydrogen) atoms. The molecule has 1 aromatic heterocycles. The third kappa shape index (κ3) is 2.92. The van der Waals surface area contributed by atoms with Gasteiger partial charge in [-0.3, -0.25) is 4.79 Å². The van der Waals surface area contributed by atoms with E-state index in [1.165, 1.54) is 11.3 Å². The van der Waals surface area contributed by atoms with Gasteiger partial charge in [0.25, 0.3) is 0 Å². The van der Waals surface area contributed by atoms with Gasteiger partial charge in [0.15, 0.2) is 0 Å². The maximum absolute atomic E-state index is 12.1. The number of sulfonamides is 1. The molecule has 0 saturated carbocycles. The fraction of sp³-hybridized carbons (Fsp3) is 0.267. The smallest absolute Gasteiger partial charge is 0.250 e. The van der Waals surface area contributed by atoms with E-state index in [-0.39, 0.29) is 12.5 Å². The Hall–Kier alpha value is -1.70. The second-order valence-corrected chi connectivity index (χ2v) is 8.11. The molecule has 7 heteroatoms. The summed E-state index contributed by atoms with van der Waals surface area (Å²) in [7, 11) is -1.69. The average Bonchev–Trinajstić information content (AvgIpc) is 3.04. The normalized spacial score (nSPS) is 15.0. The van der Waals surface area contributed by atoms with Gasteiger partial charge in [-0.15, -0.1) is 11.3 Å². The molecule has 0 atom stereocenters. The van der Waals surface area contributed by atoms with Gasteiger partial charge in [-0.05, 0) is 35.1 Å². The Morgan fingerprint density at radius 1 is 1.27 bits per heavy atom. The van der Waals surface area contributed by atoms with E-state index in [1.54, 1.807) is 29.5 Å². The van der Waals surface area contributed by atoms with Gasteiger partial charge in [0.1, 0.15) is 4.21 Å². The van der Waals surface area contributed by atoms with E-state index in [0.717, 1.165) is 16.8 Å². The van der Waals surface area contributed by atoms with Gasteiger partial charge in [-0.1, -0.05) is 18.2 Å². The molecule has 1 amide bonds. The number of fused-ring (bicyclic) bond motifs is 1. The SMILES string of the molecule is CN1C(=O)CCc2cc(CNS(=O)(=O)c3cccs3)ccc21. The summed E-state index contributed by atoms with van der Waals surface area (Å²) in [5.41, 5.74) is 2.87. The first-order valence-electron chi connectivity index (χ1n) is 6.89. The highest BCUT2D eigenvalue weighted by Gasteiger charge is 2.21. The average molecular weight is 336 g/mol. The third-order valence-electron chi connectivity index (χ3n) is 3.71. The maximum atomic E-state index is 12.1. The number of rotatable bonds is 4. The second kappa shape index (κ2) is 5.83. The summed E-state index contributed by atoms with van der Waals surface area (Å²) in [4.78, 5) is 13.3. The summed E-state index contributed by atoms with van der Waals surface area (Å²) in [5.74, 6) is 0.110. The number of aryl methyl sites for hydroxylation is 1. The molecule has 0 radical (unpaired) electrons. The van der Waals surface area contributed by atoms with Crippen LogP contribution in [0, 0.1) is 0 Å². The van der Waals surface area contributed by atoms with E-state index in [9.17, 15) is 13.2 Å². The number of hydrogen-bond acceptors (Lipinski definition) is 4. The molecule has 1 aliphatic heterocycles. The monoisotopic (exact) mass is 336 g/mol. The first kappa shape index (κ1) is 15.2. The van der Waals surface area contributed by atoms with Crippen LogP contribution in [0.5, 0.6) is 0 Å². The lowest BCUT2D eigenvalue weighted by Crippen LogP contribution is -2.31. The standard InChI is InChI=1S/C15H16N2O3S2/c1-17-13-6-4-11(9-12(13)5-7-14(17)18)10-16-22(19,20)15-3-2-8-21-15/h2-4,6,8-9,16H,5,7,10H2,1H3. The summed E-state index contributed by atoms with van der Waals surface area (Å²) in [6.07, 6.45) is 1.19. The van der Waals surface area contributed by atoms with Gasteiger partial charge in [-0.2, -0.15) is 0 Å². The van der Waals surface area contributed by atoms with E-state index in [0.29, 0.717) is 17.1 Å². The van der Waals surface area contributed by atoms with Crippen LogP contribution in [0.25, 0.3) is 0 Å². The minimum absolute atomic E-state index is 0.110. The van der Waals surface area contributed by atoms with Crippen molar-refractivity contribution in [3.8, 4) is 0 Å². The molecule has 3 rings (SSSR count). The molecule has 0 aliphatic carbocycles. The number of hydrogen-bond donors (Lipinski definition) is 1. The topological polar surface area (TPSA) is 66.5 Å². The summed E-state index contributed by atoms with van der Waals surface area (Å²) >= 11 is 1.19. The van der Waals surface area contributed by atoms with Crippen LogP contribution in [0.1, 0.15) is 17.5 Å². The second-order valence-electron chi connectivity index (χ2n) is 5.17. The molecular formula is C15H16N2O3S2. The largest absolute Gasteiger partial charge is 0.315 e. The van der Waals surface area contributed by atoms with Crippen molar-refractivity contribution >= 4 is 33.0 Å². The number of amides is 1. The van der Waals surface area contributed by atoms with Gasteiger partial charge in [-0.25, -0.2) is 13.1 Å². The van der Waals surface area contributed by atoms with Gasteiger partial charge < -0.3 is 4.90 Å². The number of benzene rings is 1. The molecule has 0 saturated heterocycles. The molecule has 1 aliphatic rings. The lowest BCUT2D eigenvalue weighted by molar-refractivity contribution is -0.118. The zero-order valence-corrected chi connectivity index (χ0v) is 13.7. The Morgan fingerprint density at radius 3 is 2.82 bits per heavy atom. The summed E-state index contributed by atoms with van der Waals surface area (Å²) in [6.45, 7) is 0.241. The van der Waals surface area contributed by atoms with Crippen molar-refractivity contribution in [3.05, 3.63) is 46.8 Å². The van der Waals surface area contributed by atoms with Crippen molar-refractivity contribution < 1.29 is 13.2 Å². The first-order chi connectivity index (χ1) is 10.5. The molecule has 0 bridgehead atoms. The van der Waals surface area contributed by atoms with Crippen molar-refractivity contribution in [3.63, 3.8) is 0 Å². The first-order valence-corrected chi connectivity index (χ1v) is 9.25. The Kier molecular flexibility index (Phi) is 4.03. The molecule has 5 nitrogen and oxygen atoms in total. The fourth-order valence-electron chi connectivity index (χ4n) is 2.49. The Balaban J connectivity index is 1.76. The van der Waals surface area contributed by atoms with Gasteiger partial charge in [0.05, 0.1) is 0 Å². The molecule has 2 aromatic rings. The van der Waals surface area contributed by atoms with Crippen LogP contribution in [0.15, 0.2) is 39.9 Å². The zero-order valence-electron chi connectivity index (χ0n) is 12.1. The van der Waals surface area contributed by atoms with E-state index in [1.807, 2.05) is 18.2 Å². The van der Waals surface area contributed by atoms with E-state index in [2.05, 4.69) is 4.72 Å². The summed E-state index contributed by atoms with van der Waals surface area (Å²) in [6, 6.07) is 8.99. The highest BCUT2D eigenvalue weighted by Crippen LogP contribution is 2.27. The maximum Gasteiger partial charge on any atom is 0.250 e. The molecule has 0 spiro atoms. The van der Waals surface area contributed by atoms with Crippen molar-refractivity contribution in [1.29, 1.82) is 0 Å². The molecule has 2 heterocycles. The molecule has 1 N–H and O–H groups in total. The van der Waals surface area contributed by atoms with Gasteiger partial charge in [0.2, 0.25) is 15.9 Å². The van der Waals surface area contributed by atoms with Crippen LogP contribution in [-0.2, 0) is 27.8 Å². The summed E-state index contributed by atoms with van der Waals surface area (Å²) in [5, 5.41) is 1.74. The Bertz CT molecular complexity index is 798. The van der Waals surface area contributed by atoms with E-state index < -0.39 is 10.0 Å². The van der Waals surface area contributed by atoms with Gasteiger partial charge in [0, 0.05) is 25.7 Å². The van der Waals surface area contributed by atoms with Crippen LogP contribution >= 0.6 is 11.3 Å². The zero-order chi connectivity index (χ0) is 15.7. The number of carbonyl (C=O) groups is 1. The number of anilines is 1. The van der Waals surface area contributed by atoms with Gasteiger partial charge >= 0.3 is 0 Å². The van der Waals surface area contributed by atoms with Crippen LogP contribution in [0.4, 0.5) is 5.69 Å². The van der Waals surface area contributed by atoms with Crippen LogP contribution < -0.4 is 9.62 Å². The lowest BCUT2D eigenvalue weighted by atomic mass is 9.99. The van der Waals surface area contributed by atoms with E-state index >= 15 is 0 Å². The van der Waals surface area contributed by atoms with Crippen LogP contribution in [-0.4, -0.2) is 21.4 Å². The number of nitrogens with zero attached hydrogens (tertiary/aromatic N) is 1. The highest BCUT2D eigenvalue weighted by atomic mass is 32.2. The summed E-state index contributed by atoms with van der Waals surface area (Å²) < 4.78 is 27.1. The van der Waals surface area contributed by atoms with Crippen molar-refractivity contribution in [2.45, 2.75) is 23.6 Å². The third-order valence-corrected chi connectivity index (χ3v) is 6.51. The Labute approximate surface area is 133 Å². The van der Waals surface area contributed by atoms with E-state index in [4.69, 9.17) is 0 Å². The number of nitrogens with one attached hydrogen (secondary N) is 1. The van der Waals surface area contributed by atoms with Crippen molar-refractivity contribution in [2.75, 3.05) is 11.9 Å². The minimum Gasteiger partial charge on any atom is -0.315 e.